The highest BCUT2D eigenvalue weighted by atomic mass is 19.1. The molecule has 7 rings (SSSR count). The summed E-state index contributed by atoms with van der Waals surface area (Å²) in [6.45, 7) is 2.10. The molecular formula is C34H30FN2O+. The van der Waals surface area contributed by atoms with E-state index in [0.29, 0.717) is 22.6 Å². The van der Waals surface area contributed by atoms with Crippen molar-refractivity contribution in [3.8, 4) is 22.4 Å². The van der Waals surface area contributed by atoms with Crippen molar-refractivity contribution >= 4 is 32.8 Å². The molecule has 1 saturated carbocycles. The Morgan fingerprint density at radius 1 is 0.842 bits per heavy atom. The van der Waals surface area contributed by atoms with Gasteiger partial charge in [0, 0.05) is 34.5 Å². The van der Waals surface area contributed by atoms with Crippen LogP contribution in [0.2, 0.25) is 0 Å². The van der Waals surface area contributed by atoms with E-state index in [-0.39, 0.29) is 5.82 Å². The Balaban J connectivity index is 1.53. The molecule has 0 atom stereocenters. The van der Waals surface area contributed by atoms with Gasteiger partial charge in [-0.15, -0.1) is 0 Å². The molecular weight excluding hydrogens is 471 g/mol. The predicted molar refractivity (Wildman–Crippen MR) is 152 cm³/mol. The molecule has 6 aromatic rings. The van der Waals surface area contributed by atoms with Gasteiger partial charge in [-0.1, -0.05) is 61.7 Å². The van der Waals surface area contributed by atoms with Crippen molar-refractivity contribution in [1.82, 2.24) is 4.98 Å². The van der Waals surface area contributed by atoms with Gasteiger partial charge in [-0.25, -0.2) is 8.96 Å². The minimum absolute atomic E-state index is 0.332. The summed E-state index contributed by atoms with van der Waals surface area (Å²) < 4.78 is 25.1. The van der Waals surface area contributed by atoms with Gasteiger partial charge in [0.2, 0.25) is 5.69 Å². The molecule has 3 aromatic heterocycles. The Labute approximate surface area is 221 Å². The van der Waals surface area contributed by atoms with Crippen LogP contribution in [0.3, 0.4) is 0 Å². The third-order valence-electron chi connectivity index (χ3n) is 8.39. The van der Waals surface area contributed by atoms with Crippen LogP contribution in [0, 0.1) is 12.7 Å². The molecule has 0 spiro atoms. The first-order valence-corrected chi connectivity index (χ1v) is 13.6. The number of hydrogen-bond donors (Lipinski definition) is 0. The summed E-state index contributed by atoms with van der Waals surface area (Å²) >= 11 is 0. The Hall–Kier alpha value is -4.05. The van der Waals surface area contributed by atoms with Crippen molar-refractivity contribution in [1.29, 1.82) is 0 Å². The van der Waals surface area contributed by atoms with Gasteiger partial charge in [-0.05, 0) is 54.5 Å². The largest absolute Gasteiger partial charge is 0.454 e. The maximum atomic E-state index is 16.3. The minimum atomic E-state index is -0.332. The number of pyridine rings is 2. The fraction of sp³-hybridized carbons (Fsp3) is 0.235. The summed E-state index contributed by atoms with van der Waals surface area (Å²) in [5.74, 6) is 0.269. The Morgan fingerprint density at radius 3 is 2.45 bits per heavy atom. The second-order valence-electron chi connectivity index (χ2n) is 10.7. The lowest BCUT2D eigenvalue weighted by molar-refractivity contribution is -0.660. The third kappa shape index (κ3) is 3.54. The van der Waals surface area contributed by atoms with Crippen LogP contribution in [0.5, 0.6) is 0 Å². The van der Waals surface area contributed by atoms with E-state index in [9.17, 15) is 0 Å². The maximum absolute atomic E-state index is 16.3. The molecule has 4 heteroatoms. The fourth-order valence-electron chi connectivity index (χ4n) is 6.42. The van der Waals surface area contributed by atoms with E-state index < -0.39 is 0 Å². The number of aryl methyl sites for hydroxylation is 2. The van der Waals surface area contributed by atoms with E-state index in [1.165, 1.54) is 37.7 Å². The first-order valence-electron chi connectivity index (χ1n) is 13.6. The number of furan rings is 1. The van der Waals surface area contributed by atoms with Gasteiger partial charge in [0.15, 0.2) is 12.0 Å². The summed E-state index contributed by atoms with van der Waals surface area (Å²) in [5.41, 5.74) is 7.57. The molecule has 3 nitrogen and oxygen atoms in total. The Morgan fingerprint density at radius 2 is 1.66 bits per heavy atom. The molecule has 1 aliphatic carbocycles. The van der Waals surface area contributed by atoms with Gasteiger partial charge in [0.25, 0.3) is 0 Å². The molecule has 0 aliphatic heterocycles. The van der Waals surface area contributed by atoms with Crippen molar-refractivity contribution in [2.75, 3.05) is 0 Å². The van der Waals surface area contributed by atoms with Crippen molar-refractivity contribution in [2.24, 2.45) is 7.05 Å². The first kappa shape index (κ1) is 23.1. The molecule has 0 bridgehead atoms. The van der Waals surface area contributed by atoms with Crippen LogP contribution < -0.4 is 4.57 Å². The standard InChI is InChI=1S/C34H30FN2O/c1-21-13-18-26-30-25-11-8-19-36-32(25)31(35)29(24-16-14-23(15-17-24)22-9-4-3-5-10-22)34(30)38-33(26)28(21)27-12-6-7-20-37(27)2/h6-8,11-20,22H,3-5,9-10H2,1-2H3/q+1. The van der Waals surface area contributed by atoms with Crippen LogP contribution in [-0.2, 0) is 7.05 Å². The smallest absolute Gasteiger partial charge is 0.216 e. The van der Waals surface area contributed by atoms with Crippen molar-refractivity contribution < 1.29 is 13.4 Å². The monoisotopic (exact) mass is 501 g/mol. The van der Waals surface area contributed by atoms with Crippen LogP contribution in [-0.4, -0.2) is 4.98 Å². The molecule has 0 N–H and O–H groups in total. The normalized spacial score (nSPS) is 14.6. The van der Waals surface area contributed by atoms with Gasteiger partial charge in [0.1, 0.15) is 23.7 Å². The zero-order valence-corrected chi connectivity index (χ0v) is 21.8. The summed E-state index contributed by atoms with van der Waals surface area (Å²) in [7, 11) is 2.04. The van der Waals surface area contributed by atoms with Gasteiger partial charge < -0.3 is 4.42 Å². The average molecular weight is 502 g/mol. The summed E-state index contributed by atoms with van der Waals surface area (Å²) in [6.07, 6.45) is 10.1. The Kier molecular flexibility index (Phi) is 5.50. The first-order chi connectivity index (χ1) is 18.6. The SMILES string of the molecule is Cc1ccc2c(oc3c(-c4ccc(C5CCCCC5)cc4)c(F)c4ncccc4c32)c1-c1cccc[n+]1C. The number of hydrogen-bond acceptors (Lipinski definition) is 2. The van der Waals surface area contributed by atoms with Crippen molar-refractivity contribution in [2.45, 2.75) is 44.9 Å². The summed E-state index contributed by atoms with van der Waals surface area (Å²) in [5, 5.41) is 2.66. The van der Waals surface area contributed by atoms with Crippen LogP contribution in [0.4, 0.5) is 4.39 Å². The quantitative estimate of drug-likeness (QED) is 0.227. The topological polar surface area (TPSA) is 29.9 Å². The molecule has 3 aromatic carbocycles. The van der Waals surface area contributed by atoms with Gasteiger partial charge in [-0.3, -0.25) is 4.98 Å². The number of aromatic nitrogens is 2. The second kappa shape index (κ2) is 9.05. The molecule has 0 unspecified atom stereocenters. The summed E-state index contributed by atoms with van der Waals surface area (Å²) in [6, 6.07) is 22.7. The van der Waals surface area contributed by atoms with E-state index in [4.69, 9.17) is 4.42 Å². The molecule has 3 heterocycles. The number of benzene rings is 3. The predicted octanol–water partition coefficient (Wildman–Crippen LogP) is 8.79. The molecule has 0 amide bonds. The van der Waals surface area contributed by atoms with Crippen LogP contribution >= 0.6 is 0 Å². The number of rotatable bonds is 3. The average Bonchev–Trinajstić information content (AvgIpc) is 3.34. The lowest BCUT2D eigenvalue weighted by atomic mass is 9.83. The van der Waals surface area contributed by atoms with Crippen LogP contribution in [0.15, 0.2) is 83.5 Å². The van der Waals surface area contributed by atoms with Crippen LogP contribution in [0.25, 0.3) is 55.2 Å². The molecule has 1 fully saturated rings. The highest BCUT2D eigenvalue weighted by Gasteiger charge is 2.26. The lowest BCUT2D eigenvalue weighted by Crippen LogP contribution is -2.30. The fourth-order valence-corrected chi connectivity index (χ4v) is 6.42. The number of halogens is 1. The van der Waals surface area contributed by atoms with Crippen LogP contribution in [0.1, 0.15) is 49.1 Å². The second-order valence-corrected chi connectivity index (χ2v) is 10.7. The number of fused-ring (bicyclic) bond motifs is 5. The van der Waals surface area contributed by atoms with E-state index in [0.717, 1.165) is 44.1 Å². The van der Waals surface area contributed by atoms with Gasteiger partial charge in [-0.2, -0.15) is 0 Å². The van der Waals surface area contributed by atoms with Gasteiger partial charge in [0.05, 0.1) is 11.1 Å². The Bertz CT molecular complexity index is 1830. The van der Waals surface area contributed by atoms with Crippen molar-refractivity contribution in [3.63, 3.8) is 0 Å². The molecule has 0 radical (unpaired) electrons. The lowest BCUT2D eigenvalue weighted by Gasteiger charge is -2.22. The molecule has 38 heavy (non-hydrogen) atoms. The summed E-state index contributed by atoms with van der Waals surface area (Å²) in [4.78, 5) is 4.49. The van der Waals surface area contributed by atoms with Gasteiger partial charge >= 0.3 is 0 Å². The van der Waals surface area contributed by atoms with Crippen molar-refractivity contribution in [3.05, 3.63) is 96.1 Å². The number of nitrogens with zero attached hydrogens (tertiary/aromatic N) is 2. The zero-order chi connectivity index (χ0) is 25.8. The molecule has 0 saturated heterocycles. The zero-order valence-electron chi connectivity index (χ0n) is 21.8. The minimum Gasteiger partial charge on any atom is -0.454 e. The third-order valence-corrected chi connectivity index (χ3v) is 8.39. The molecule has 1 aliphatic rings. The van der Waals surface area contributed by atoms with E-state index in [2.05, 4.69) is 58.9 Å². The van der Waals surface area contributed by atoms with E-state index >= 15 is 4.39 Å². The molecule has 188 valence electrons. The maximum Gasteiger partial charge on any atom is 0.216 e. The van der Waals surface area contributed by atoms with E-state index in [1.54, 1.807) is 6.20 Å². The highest BCUT2D eigenvalue weighted by Crippen LogP contribution is 2.45. The highest BCUT2D eigenvalue weighted by molar-refractivity contribution is 6.23. The van der Waals surface area contributed by atoms with E-state index in [1.807, 2.05) is 37.5 Å².